The van der Waals surface area contributed by atoms with Crippen molar-refractivity contribution in [3.05, 3.63) is 33.1 Å². The van der Waals surface area contributed by atoms with Crippen molar-refractivity contribution in [3.63, 3.8) is 0 Å². The van der Waals surface area contributed by atoms with Crippen LogP contribution in [0.25, 0.3) is 0 Å². The highest BCUT2D eigenvalue weighted by molar-refractivity contribution is 14.1. The van der Waals surface area contributed by atoms with E-state index in [1.165, 1.54) is 16.8 Å². The van der Waals surface area contributed by atoms with E-state index in [-0.39, 0.29) is 38.3 Å². The van der Waals surface area contributed by atoms with Gasteiger partial charge in [-0.25, -0.2) is 9.46 Å². The maximum atomic E-state index is 12.4. The number of ether oxygens (including phenoxy) is 3. The molecule has 2 N–H and O–H groups in total. The summed E-state index contributed by atoms with van der Waals surface area (Å²) >= 11 is 2.01. The van der Waals surface area contributed by atoms with Crippen LogP contribution in [0.5, 0.6) is 0 Å². The van der Waals surface area contributed by atoms with Gasteiger partial charge in [0.05, 0.1) is 51.6 Å². The van der Waals surface area contributed by atoms with Crippen molar-refractivity contribution >= 4 is 31.4 Å². The number of hydrogen-bond acceptors (Lipinski definition) is 10. The predicted octanol–water partition coefficient (Wildman–Crippen LogP) is 2.32. The van der Waals surface area contributed by atoms with Crippen molar-refractivity contribution in [1.29, 1.82) is 5.26 Å². The van der Waals surface area contributed by atoms with Gasteiger partial charge in [0.2, 0.25) is 0 Å². The minimum Gasteiger partial charge on any atom is -0.382 e. The van der Waals surface area contributed by atoms with E-state index in [1.54, 1.807) is 7.11 Å². The molecule has 0 aliphatic rings. The summed E-state index contributed by atoms with van der Waals surface area (Å²) in [4.78, 5) is 26.2. The smallest absolute Gasteiger partial charge is 0.330 e. The van der Waals surface area contributed by atoms with Crippen LogP contribution >= 0.6 is 31.4 Å². The molecule has 0 radical (unpaired) electrons. The molecule has 0 amide bonds. The molecule has 0 fully saturated rings. The Bertz CT molecular complexity index is 855. The molecule has 14 heteroatoms. The summed E-state index contributed by atoms with van der Waals surface area (Å²) in [6.45, 7) is 9.84. The quantitative estimate of drug-likeness (QED) is 0.101. The molecule has 0 aliphatic carbocycles. The van der Waals surface area contributed by atoms with Crippen molar-refractivity contribution < 1.29 is 23.3 Å². The predicted molar refractivity (Wildman–Crippen MR) is 141 cm³/mol. The molecule has 0 aliphatic heterocycles. The number of hydrogen-bond donors (Lipinski definition) is 2. The number of H-pyrrole nitrogens is 1. The zero-order valence-corrected chi connectivity index (χ0v) is 24.0. The molecule has 1 unspecified atom stereocenters. The van der Waals surface area contributed by atoms with Crippen molar-refractivity contribution in [2.45, 2.75) is 58.5 Å². The first-order valence-electron chi connectivity index (χ1n) is 11.3. The molecule has 200 valence electrons. The van der Waals surface area contributed by atoms with Gasteiger partial charge in [0.25, 0.3) is 14.1 Å². The number of rotatable bonds is 19. The number of nitrogens with zero attached hydrogens (tertiary/aromatic N) is 3. The van der Waals surface area contributed by atoms with E-state index in [0.29, 0.717) is 19.8 Å². The minimum absolute atomic E-state index is 0.0601. The van der Waals surface area contributed by atoms with Crippen LogP contribution < -0.4 is 14.8 Å². The molecule has 0 aromatic carbocycles. The highest BCUT2D eigenvalue weighted by Gasteiger charge is 2.29. The summed E-state index contributed by atoms with van der Waals surface area (Å²) in [7, 11) is 0.112. The number of nitrogens with one attached hydrogen (secondary N) is 2. The Morgan fingerprint density at radius 1 is 1.17 bits per heavy atom. The molecule has 35 heavy (non-hydrogen) atoms. The highest BCUT2D eigenvalue weighted by Crippen LogP contribution is 2.46. The Labute approximate surface area is 221 Å². The van der Waals surface area contributed by atoms with Crippen LogP contribution in [0.3, 0.4) is 0 Å². The van der Waals surface area contributed by atoms with E-state index >= 15 is 0 Å². The number of nitriles is 1. The molecular formula is C21H37IN5O7P. The molecule has 1 rings (SSSR count). The largest absolute Gasteiger partial charge is 0.382 e. The molecule has 0 saturated carbocycles. The van der Waals surface area contributed by atoms with Gasteiger partial charge in [-0.15, -0.1) is 0 Å². The Morgan fingerprint density at radius 2 is 1.89 bits per heavy atom. The van der Waals surface area contributed by atoms with Gasteiger partial charge in [0.1, 0.15) is 0 Å². The fourth-order valence-electron chi connectivity index (χ4n) is 3.08. The van der Waals surface area contributed by atoms with Crippen molar-refractivity contribution in [2.24, 2.45) is 0 Å². The molecule has 3 atom stereocenters. The fourth-order valence-corrected chi connectivity index (χ4v) is 5.21. The average molecular weight is 629 g/mol. The highest BCUT2D eigenvalue weighted by atomic mass is 127. The van der Waals surface area contributed by atoms with Crippen molar-refractivity contribution in [3.8, 4) is 6.07 Å². The Hall–Kier alpha value is -0.950. The maximum absolute atomic E-state index is 12.4. The number of halogens is 1. The average Bonchev–Trinajstić information content (AvgIpc) is 2.79. The molecule has 1 heterocycles. The van der Waals surface area contributed by atoms with Gasteiger partial charge in [0.15, 0.2) is 6.23 Å². The first-order valence-corrected chi connectivity index (χ1v) is 13.5. The van der Waals surface area contributed by atoms with E-state index in [1.807, 2.05) is 22.9 Å². The first-order chi connectivity index (χ1) is 16.7. The summed E-state index contributed by atoms with van der Waals surface area (Å²) in [5, 5.41) is 8.90. The van der Waals surface area contributed by atoms with Crippen LogP contribution in [-0.2, 0) is 23.3 Å². The van der Waals surface area contributed by atoms with Gasteiger partial charge < -0.3 is 23.3 Å². The monoisotopic (exact) mass is 629 g/mol. The molecular weight excluding hydrogens is 592 g/mol. The lowest BCUT2D eigenvalue weighted by Gasteiger charge is -2.36. The van der Waals surface area contributed by atoms with E-state index in [2.05, 4.69) is 46.9 Å². The Balaban J connectivity index is 3.04. The first kappa shape index (κ1) is 32.1. The number of aromatic nitrogens is 2. The van der Waals surface area contributed by atoms with E-state index in [4.69, 9.17) is 28.5 Å². The Kier molecular flexibility index (Phi) is 16.8. The third kappa shape index (κ3) is 12.2. The third-order valence-corrected chi connectivity index (χ3v) is 7.06. The summed E-state index contributed by atoms with van der Waals surface area (Å²) in [6, 6.07) is 3.65. The molecule has 0 saturated heterocycles. The minimum atomic E-state index is -1.46. The Morgan fingerprint density at radius 3 is 2.46 bits per heavy atom. The van der Waals surface area contributed by atoms with Crippen LogP contribution in [0, 0.1) is 11.3 Å². The normalized spacial score (nSPS) is 14.4. The van der Waals surface area contributed by atoms with Crippen LogP contribution in [-0.4, -0.2) is 79.1 Å². The molecule has 1 aromatic rings. The van der Waals surface area contributed by atoms with E-state index in [9.17, 15) is 9.59 Å². The molecule has 1 aromatic heterocycles. The van der Waals surface area contributed by atoms with Gasteiger partial charge in [-0.3, -0.25) is 17.9 Å². The summed E-state index contributed by atoms with van der Waals surface area (Å²) < 4.78 is 35.4. The van der Waals surface area contributed by atoms with Gasteiger partial charge in [-0.2, -0.15) is 5.26 Å². The van der Waals surface area contributed by atoms with Gasteiger partial charge in [-0.1, -0.05) is 0 Å². The van der Waals surface area contributed by atoms with Gasteiger partial charge in [-0.05, 0) is 27.7 Å². The SMILES string of the molecule is COCCOC[C@@H](O[C@H](CNI)COP(OCCC#N)N(C(C)C)C(C)C)n1ccc(=O)[nH]c1=O. The van der Waals surface area contributed by atoms with Crippen molar-refractivity contribution in [2.75, 3.05) is 46.7 Å². The van der Waals surface area contributed by atoms with Gasteiger partial charge in [0, 0.05) is 60.9 Å². The topological polar surface area (TPSA) is 140 Å². The lowest BCUT2D eigenvalue weighted by molar-refractivity contribution is -0.109. The lowest BCUT2D eigenvalue weighted by atomic mass is 10.3. The van der Waals surface area contributed by atoms with Crippen LogP contribution in [0.1, 0.15) is 40.3 Å². The van der Waals surface area contributed by atoms with E-state index < -0.39 is 32.1 Å². The molecule has 0 spiro atoms. The van der Waals surface area contributed by atoms with Gasteiger partial charge >= 0.3 is 5.69 Å². The number of aromatic amines is 1. The fraction of sp³-hybridized carbons (Fsp3) is 0.762. The summed E-state index contributed by atoms with van der Waals surface area (Å²) in [5.74, 6) is 0. The molecule has 0 bridgehead atoms. The van der Waals surface area contributed by atoms with Crippen molar-refractivity contribution in [1.82, 2.24) is 17.8 Å². The second-order valence-corrected chi connectivity index (χ2v) is 10.2. The van der Waals surface area contributed by atoms with Crippen LogP contribution in [0.15, 0.2) is 21.9 Å². The second kappa shape index (κ2) is 18.3. The lowest BCUT2D eigenvalue weighted by Crippen LogP contribution is -2.39. The molecule has 12 nitrogen and oxygen atoms in total. The maximum Gasteiger partial charge on any atom is 0.330 e. The van der Waals surface area contributed by atoms with Crippen LogP contribution in [0.2, 0.25) is 0 Å². The summed E-state index contributed by atoms with van der Waals surface area (Å²) in [6.07, 6.45) is 0.342. The zero-order chi connectivity index (χ0) is 26.2. The standard InChI is InChI=1S/C21H37IN5O7P/c1-16(2)27(17(3)4)35(32-10-6-8-23)33-14-18(13-24-22)34-20(15-31-12-11-30-5)26-9-7-19(28)25-21(26)29/h7,9,16-18,20,24H,6,10-15H2,1-5H3,(H,25,28,29)/t18-,20-,35?/m1/s1. The third-order valence-electron chi connectivity index (χ3n) is 4.54. The van der Waals surface area contributed by atoms with E-state index in [0.717, 1.165) is 0 Å². The second-order valence-electron chi connectivity index (χ2n) is 7.98. The number of methoxy groups -OCH3 is 1. The zero-order valence-electron chi connectivity index (χ0n) is 20.9. The summed E-state index contributed by atoms with van der Waals surface area (Å²) in [5.41, 5.74) is -1.10. The van der Waals surface area contributed by atoms with Crippen LogP contribution in [0.4, 0.5) is 0 Å².